The maximum absolute atomic E-state index is 9.34. The van der Waals surface area contributed by atoms with Gasteiger partial charge in [-0.1, -0.05) is 0 Å². The van der Waals surface area contributed by atoms with E-state index in [4.69, 9.17) is 30.0 Å². The Hall–Kier alpha value is -1.67. The molecule has 8 heteroatoms. The van der Waals surface area contributed by atoms with Crippen LogP contribution in [0.2, 0.25) is 0 Å². The van der Waals surface area contributed by atoms with E-state index in [1.165, 1.54) is 0 Å². The molecule has 0 saturated carbocycles. The minimum atomic E-state index is -1.44. The third kappa shape index (κ3) is 70.2. The predicted octanol–water partition coefficient (Wildman–Crippen LogP) is -5.40. The Labute approximate surface area is 85.4 Å². The molecule has 0 heterocycles. The third-order valence-electron chi connectivity index (χ3n) is 0.470. The summed E-state index contributed by atoms with van der Waals surface area (Å²) >= 11 is 0. The molecule has 0 aliphatic carbocycles. The van der Waals surface area contributed by atoms with Crippen LogP contribution in [0.15, 0.2) is 0 Å². The predicted molar refractivity (Wildman–Crippen MR) is 39.5 cm³/mol. The molecular weight excluding hydrogens is 212 g/mol. The zero-order valence-electron chi connectivity index (χ0n) is 8.13. The summed E-state index contributed by atoms with van der Waals surface area (Å²) in [5.74, 6) is -3.96. The van der Waals surface area contributed by atoms with Crippen molar-refractivity contribution in [1.82, 2.24) is 0 Å². The molecule has 0 spiro atoms. The summed E-state index contributed by atoms with van der Waals surface area (Å²) in [5.41, 5.74) is 0. The first-order valence-electron chi connectivity index (χ1n) is 3.52. The number of hydrogen-bond acceptors (Lipinski definition) is 8. The SMILES string of the molecule is CC(=O)[O-].CC(O)C(=O)[O-].O=C([O-])CO. The van der Waals surface area contributed by atoms with Crippen LogP contribution in [-0.2, 0) is 14.4 Å². The average Bonchev–Trinajstić information content (AvgIpc) is 2.04. The fourth-order valence-corrected chi connectivity index (χ4v) is 0. The molecule has 1 unspecified atom stereocenters. The Balaban J connectivity index is -0.000000147. The smallest absolute Gasteiger partial charge is 0.0905 e. The van der Waals surface area contributed by atoms with Gasteiger partial charge in [-0.25, -0.2) is 0 Å². The molecule has 0 fully saturated rings. The van der Waals surface area contributed by atoms with Crippen LogP contribution in [-0.4, -0.2) is 40.8 Å². The van der Waals surface area contributed by atoms with Gasteiger partial charge in [-0.3, -0.25) is 0 Å². The zero-order valence-corrected chi connectivity index (χ0v) is 8.13. The third-order valence-corrected chi connectivity index (χ3v) is 0.470. The van der Waals surface area contributed by atoms with Crippen molar-refractivity contribution in [3.8, 4) is 0 Å². The first-order valence-corrected chi connectivity index (χ1v) is 3.52. The standard InChI is InChI=1S/C3H6O3.C2H4O3.C2H4O2/c1-2(4)3(5)6;3-1-2(4)5;1-2(3)4/h2,4H,1H3,(H,5,6);3H,1H2,(H,4,5);1H3,(H,3,4)/p-3. The largest absolute Gasteiger partial charge is 0.550 e. The lowest BCUT2D eigenvalue weighted by Crippen LogP contribution is -2.32. The van der Waals surface area contributed by atoms with Gasteiger partial charge < -0.3 is 39.9 Å². The lowest BCUT2D eigenvalue weighted by molar-refractivity contribution is -0.314. The number of carbonyl (C=O) groups is 3. The van der Waals surface area contributed by atoms with Crippen LogP contribution >= 0.6 is 0 Å². The molecule has 0 aliphatic rings. The van der Waals surface area contributed by atoms with Crippen molar-refractivity contribution in [2.45, 2.75) is 20.0 Å². The lowest BCUT2D eigenvalue weighted by Gasteiger charge is -2.00. The second-order valence-electron chi connectivity index (χ2n) is 2.02. The molecule has 0 aromatic carbocycles. The van der Waals surface area contributed by atoms with Gasteiger partial charge in [0, 0.05) is 5.97 Å². The number of hydrogen-bond donors (Lipinski definition) is 2. The van der Waals surface area contributed by atoms with E-state index in [0.717, 1.165) is 13.8 Å². The van der Waals surface area contributed by atoms with E-state index in [9.17, 15) is 9.90 Å². The van der Waals surface area contributed by atoms with Gasteiger partial charge in [-0.2, -0.15) is 0 Å². The van der Waals surface area contributed by atoms with Crippen LogP contribution in [0.3, 0.4) is 0 Å². The number of rotatable bonds is 2. The number of aliphatic hydroxyl groups excluding tert-OH is 2. The summed E-state index contributed by atoms with van der Waals surface area (Å²) in [7, 11) is 0. The molecule has 15 heavy (non-hydrogen) atoms. The molecule has 2 N–H and O–H groups in total. The first kappa shape index (κ1) is 19.0. The zero-order chi connectivity index (χ0) is 13.0. The van der Waals surface area contributed by atoms with Crippen molar-refractivity contribution in [3.05, 3.63) is 0 Å². The van der Waals surface area contributed by atoms with Gasteiger partial charge in [0.25, 0.3) is 0 Å². The lowest BCUT2D eigenvalue weighted by atomic mass is 10.4. The summed E-state index contributed by atoms with van der Waals surface area (Å²) in [5, 5.41) is 42.7. The fourth-order valence-electron chi connectivity index (χ4n) is 0. The molecule has 90 valence electrons. The topological polar surface area (TPSA) is 161 Å². The van der Waals surface area contributed by atoms with Crippen molar-refractivity contribution in [2.24, 2.45) is 0 Å². The van der Waals surface area contributed by atoms with Crippen molar-refractivity contribution in [1.29, 1.82) is 0 Å². The molecular formula is C7H11O8-3. The molecule has 1 atom stereocenters. The number of aliphatic carboxylic acids is 3. The van der Waals surface area contributed by atoms with E-state index in [0.29, 0.717) is 0 Å². The maximum Gasteiger partial charge on any atom is 0.0905 e. The summed E-state index contributed by atoms with van der Waals surface area (Å²) in [6.07, 6.45) is -1.34. The number of carboxylic acids is 3. The quantitative estimate of drug-likeness (QED) is 0.468. The van der Waals surface area contributed by atoms with Crippen molar-refractivity contribution < 1.29 is 39.9 Å². The van der Waals surface area contributed by atoms with Gasteiger partial charge >= 0.3 is 0 Å². The Morgan fingerprint density at radius 2 is 1.33 bits per heavy atom. The summed E-state index contributed by atoms with van der Waals surface area (Å²) in [6.45, 7) is 1.22. The van der Waals surface area contributed by atoms with E-state index in [1.807, 2.05) is 0 Å². The van der Waals surface area contributed by atoms with E-state index in [-0.39, 0.29) is 0 Å². The van der Waals surface area contributed by atoms with Gasteiger partial charge in [0.1, 0.15) is 0 Å². The highest BCUT2D eigenvalue weighted by molar-refractivity contribution is 5.68. The molecule has 0 saturated heterocycles. The first-order chi connectivity index (χ1) is 6.64. The number of carboxylic acid groups (broad SMARTS) is 3. The van der Waals surface area contributed by atoms with Gasteiger partial charge in [-0.15, -0.1) is 0 Å². The van der Waals surface area contributed by atoms with Crippen LogP contribution in [0.25, 0.3) is 0 Å². The number of carbonyl (C=O) groups excluding carboxylic acids is 3. The second-order valence-corrected chi connectivity index (χ2v) is 2.02. The second kappa shape index (κ2) is 12.3. The monoisotopic (exact) mass is 223 g/mol. The van der Waals surface area contributed by atoms with Crippen molar-refractivity contribution in [3.63, 3.8) is 0 Å². The molecule has 8 nitrogen and oxygen atoms in total. The summed E-state index contributed by atoms with van der Waals surface area (Å²) in [4.78, 5) is 27.2. The molecule has 0 radical (unpaired) electrons. The summed E-state index contributed by atoms with van der Waals surface area (Å²) in [6, 6.07) is 0. The van der Waals surface area contributed by atoms with Gasteiger partial charge in [-0.05, 0) is 13.8 Å². The van der Waals surface area contributed by atoms with Gasteiger partial charge in [0.15, 0.2) is 0 Å². The molecule has 0 aliphatic heterocycles. The Morgan fingerprint density at radius 1 is 1.20 bits per heavy atom. The normalized spacial score (nSPS) is 9.60. The van der Waals surface area contributed by atoms with E-state index in [2.05, 4.69) is 0 Å². The van der Waals surface area contributed by atoms with Crippen LogP contribution in [0.5, 0.6) is 0 Å². The van der Waals surface area contributed by atoms with Gasteiger partial charge in [0.05, 0.1) is 24.6 Å². The van der Waals surface area contributed by atoms with E-state index in [1.54, 1.807) is 0 Å². The van der Waals surface area contributed by atoms with Crippen molar-refractivity contribution in [2.75, 3.05) is 6.61 Å². The fraction of sp³-hybridized carbons (Fsp3) is 0.571. The van der Waals surface area contributed by atoms with Crippen LogP contribution in [0.4, 0.5) is 0 Å². The van der Waals surface area contributed by atoms with E-state index < -0.39 is 30.6 Å². The van der Waals surface area contributed by atoms with Crippen LogP contribution in [0, 0.1) is 0 Å². The highest BCUT2D eigenvalue weighted by atomic mass is 16.4. The van der Waals surface area contributed by atoms with Crippen LogP contribution in [0.1, 0.15) is 13.8 Å². The highest BCUT2D eigenvalue weighted by Crippen LogP contribution is 1.69. The molecule has 0 aromatic heterocycles. The highest BCUT2D eigenvalue weighted by Gasteiger charge is 1.89. The summed E-state index contributed by atoms with van der Waals surface area (Å²) < 4.78 is 0. The van der Waals surface area contributed by atoms with Crippen molar-refractivity contribution >= 4 is 17.9 Å². The van der Waals surface area contributed by atoms with E-state index >= 15 is 0 Å². The molecule has 0 aromatic rings. The van der Waals surface area contributed by atoms with Crippen LogP contribution < -0.4 is 15.3 Å². The molecule has 0 rings (SSSR count). The maximum atomic E-state index is 9.34. The molecule has 0 amide bonds. The Bertz CT molecular complexity index is 193. The Kier molecular flexibility index (Phi) is 15.6. The Morgan fingerprint density at radius 3 is 1.33 bits per heavy atom. The molecule has 0 bridgehead atoms. The minimum absolute atomic E-state index is 0.889. The minimum Gasteiger partial charge on any atom is -0.550 e. The van der Waals surface area contributed by atoms with Gasteiger partial charge in [0.2, 0.25) is 0 Å². The number of aliphatic hydroxyl groups is 2. The average molecular weight is 223 g/mol.